The van der Waals surface area contributed by atoms with Crippen LogP contribution in [-0.4, -0.2) is 50.7 Å². The van der Waals surface area contributed by atoms with Gasteiger partial charge in [-0.2, -0.15) is 0 Å². The molecule has 2 aromatic heterocycles. The lowest BCUT2D eigenvalue weighted by molar-refractivity contribution is -0.384. The van der Waals surface area contributed by atoms with Crippen LogP contribution in [0.5, 0.6) is 0 Å². The van der Waals surface area contributed by atoms with E-state index in [4.69, 9.17) is 0 Å². The summed E-state index contributed by atoms with van der Waals surface area (Å²) in [6.45, 7) is 2.55. The first-order valence-electron chi connectivity index (χ1n) is 10.0. The Balaban J connectivity index is 1.93. The van der Waals surface area contributed by atoms with Crippen molar-refractivity contribution in [2.24, 2.45) is 13.0 Å². The van der Waals surface area contributed by atoms with Crippen molar-refractivity contribution in [1.29, 1.82) is 0 Å². The van der Waals surface area contributed by atoms with E-state index in [-0.39, 0.29) is 29.0 Å². The van der Waals surface area contributed by atoms with Crippen LogP contribution in [-0.2, 0) is 13.6 Å². The number of nitro groups is 1. The monoisotopic (exact) mass is 416 g/mol. The number of nitrogens with one attached hydrogen (secondary N) is 2. The van der Waals surface area contributed by atoms with E-state index in [1.54, 1.807) is 29.9 Å². The fraction of sp³-hybridized carbons (Fsp3) is 0.579. The van der Waals surface area contributed by atoms with Gasteiger partial charge in [-0.25, -0.2) is 4.98 Å². The summed E-state index contributed by atoms with van der Waals surface area (Å²) in [6, 6.07) is 1.36. The zero-order chi connectivity index (χ0) is 21.8. The predicted molar refractivity (Wildman–Crippen MR) is 112 cm³/mol. The van der Waals surface area contributed by atoms with E-state index in [1.165, 1.54) is 6.07 Å². The van der Waals surface area contributed by atoms with Crippen molar-refractivity contribution < 1.29 is 9.72 Å². The molecule has 0 aliphatic heterocycles. The molecule has 2 heterocycles. The van der Waals surface area contributed by atoms with Crippen molar-refractivity contribution in [3.05, 3.63) is 33.9 Å². The van der Waals surface area contributed by atoms with Gasteiger partial charge in [-0.3, -0.25) is 14.9 Å². The molecule has 1 fully saturated rings. The van der Waals surface area contributed by atoms with Crippen LogP contribution in [0.15, 0.2) is 12.4 Å². The summed E-state index contributed by atoms with van der Waals surface area (Å²) in [7, 11) is 5.15. The van der Waals surface area contributed by atoms with Gasteiger partial charge in [0, 0.05) is 33.3 Å². The number of amides is 1. The van der Waals surface area contributed by atoms with Gasteiger partial charge >= 0.3 is 5.69 Å². The molecule has 0 aromatic carbocycles. The second kappa shape index (κ2) is 9.06. The number of aromatic nitrogens is 4. The Morgan fingerprint density at radius 2 is 2.07 bits per heavy atom. The number of anilines is 2. The van der Waals surface area contributed by atoms with Gasteiger partial charge in [0.1, 0.15) is 12.1 Å². The van der Waals surface area contributed by atoms with Crippen LogP contribution in [0.2, 0.25) is 0 Å². The first kappa shape index (κ1) is 21.5. The molecule has 1 saturated carbocycles. The average molecular weight is 416 g/mol. The van der Waals surface area contributed by atoms with Crippen LogP contribution in [0.4, 0.5) is 17.3 Å². The first-order valence-corrected chi connectivity index (χ1v) is 10.0. The maximum absolute atomic E-state index is 13.1. The van der Waals surface area contributed by atoms with Crippen molar-refractivity contribution in [3.8, 4) is 0 Å². The van der Waals surface area contributed by atoms with Crippen molar-refractivity contribution in [2.45, 2.75) is 45.2 Å². The molecule has 1 aliphatic carbocycles. The smallest absolute Gasteiger partial charge is 0.312 e. The molecule has 0 spiro atoms. The van der Waals surface area contributed by atoms with Gasteiger partial charge in [-0.15, -0.1) is 10.2 Å². The van der Waals surface area contributed by atoms with Gasteiger partial charge in [0.15, 0.2) is 5.82 Å². The molecule has 11 nitrogen and oxygen atoms in total. The number of hydrogen-bond acceptors (Lipinski definition) is 8. The number of hydrogen-bond donors (Lipinski definition) is 2. The minimum Gasteiger partial charge on any atom is -0.367 e. The molecule has 11 heteroatoms. The molecule has 0 radical (unpaired) electrons. The number of carbonyl (C=O) groups is 1. The van der Waals surface area contributed by atoms with Gasteiger partial charge < -0.3 is 20.1 Å². The SMILES string of the molecule is CNc1nc(N(C)Cc2nncn2C)c(C(=O)N[C@H]2CC[C@H](C)CC2)cc1[N+](=O)[O-]. The Kier molecular flexibility index (Phi) is 6.48. The largest absolute Gasteiger partial charge is 0.367 e. The van der Waals surface area contributed by atoms with Crippen molar-refractivity contribution in [3.63, 3.8) is 0 Å². The van der Waals surface area contributed by atoms with Crippen LogP contribution in [0.3, 0.4) is 0 Å². The van der Waals surface area contributed by atoms with Crippen molar-refractivity contribution >= 4 is 23.2 Å². The normalized spacial score (nSPS) is 18.7. The molecular weight excluding hydrogens is 388 g/mol. The Bertz CT molecular complexity index is 920. The van der Waals surface area contributed by atoms with Gasteiger partial charge in [0.25, 0.3) is 5.91 Å². The molecule has 2 N–H and O–H groups in total. The molecule has 1 aliphatic rings. The Hall–Kier alpha value is -3.24. The minimum absolute atomic E-state index is 0.0635. The number of nitrogens with zero attached hydrogens (tertiary/aromatic N) is 6. The van der Waals surface area contributed by atoms with E-state index in [0.29, 0.717) is 24.1 Å². The van der Waals surface area contributed by atoms with E-state index < -0.39 is 4.92 Å². The number of pyridine rings is 1. The first-order chi connectivity index (χ1) is 14.3. The molecule has 162 valence electrons. The Labute approximate surface area is 175 Å². The second-order valence-corrected chi connectivity index (χ2v) is 7.88. The third kappa shape index (κ3) is 4.66. The highest BCUT2D eigenvalue weighted by molar-refractivity contribution is 6.00. The third-order valence-corrected chi connectivity index (χ3v) is 5.56. The van der Waals surface area contributed by atoms with E-state index in [0.717, 1.165) is 25.7 Å². The molecule has 0 unspecified atom stereocenters. The highest BCUT2D eigenvalue weighted by Gasteiger charge is 2.27. The van der Waals surface area contributed by atoms with Crippen LogP contribution in [0.1, 0.15) is 48.8 Å². The zero-order valence-electron chi connectivity index (χ0n) is 17.8. The lowest BCUT2D eigenvalue weighted by Gasteiger charge is -2.28. The standard InChI is InChI=1S/C19H28N8O3/c1-12-5-7-13(8-6-12)22-19(28)14-9-15(27(29)30)17(20-2)23-18(14)25(3)10-16-24-21-11-26(16)4/h9,11-13H,5-8,10H2,1-4H3,(H,20,23)(H,22,28)/t12-,13-. The summed E-state index contributed by atoms with van der Waals surface area (Å²) in [5.41, 5.74) is -0.0697. The molecule has 0 saturated heterocycles. The summed E-state index contributed by atoms with van der Waals surface area (Å²) in [5, 5.41) is 25.2. The van der Waals surface area contributed by atoms with Gasteiger partial charge in [-0.1, -0.05) is 6.92 Å². The van der Waals surface area contributed by atoms with E-state index in [9.17, 15) is 14.9 Å². The molecule has 0 atom stereocenters. The van der Waals surface area contributed by atoms with Crippen LogP contribution >= 0.6 is 0 Å². The number of carbonyl (C=O) groups excluding carboxylic acids is 1. The van der Waals surface area contributed by atoms with E-state index >= 15 is 0 Å². The predicted octanol–water partition coefficient (Wildman–Crippen LogP) is 2.10. The van der Waals surface area contributed by atoms with Crippen molar-refractivity contribution in [1.82, 2.24) is 25.1 Å². The molecule has 0 bridgehead atoms. The second-order valence-electron chi connectivity index (χ2n) is 7.88. The highest BCUT2D eigenvalue weighted by Crippen LogP contribution is 2.30. The quantitative estimate of drug-likeness (QED) is 0.518. The summed E-state index contributed by atoms with van der Waals surface area (Å²) in [5.74, 6) is 1.42. The molecular formula is C19H28N8O3. The van der Waals surface area contributed by atoms with Crippen molar-refractivity contribution in [2.75, 3.05) is 24.3 Å². The minimum atomic E-state index is -0.537. The maximum atomic E-state index is 13.1. The van der Waals surface area contributed by atoms with Gasteiger partial charge in [0.05, 0.1) is 17.0 Å². The van der Waals surface area contributed by atoms with Crippen LogP contribution in [0.25, 0.3) is 0 Å². The van der Waals surface area contributed by atoms with E-state index in [2.05, 4.69) is 32.7 Å². The summed E-state index contributed by atoms with van der Waals surface area (Å²) >= 11 is 0. The summed E-state index contributed by atoms with van der Waals surface area (Å²) in [4.78, 5) is 30.2. The number of rotatable bonds is 7. The lowest BCUT2D eigenvalue weighted by Crippen LogP contribution is -2.38. The van der Waals surface area contributed by atoms with E-state index in [1.807, 2.05) is 7.05 Å². The maximum Gasteiger partial charge on any atom is 0.312 e. The number of aryl methyl sites for hydroxylation is 1. The van der Waals surface area contributed by atoms with Gasteiger partial charge in [-0.05, 0) is 31.6 Å². The third-order valence-electron chi connectivity index (χ3n) is 5.56. The Morgan fingerprint density at radius 1 is 1.37 bits per heavy atom. The van der Waals surface area contributed by atoms with Crippen LogP contribution in [0, 0.1) is 16.0 Å². The highest BCUT2D eigenvalue weighted by atomic mass is 16.6. The fourth-order valence-corrected chi connectivity index (χ4v) is 3.68. The van der Waals surface area contributed by atoms with Gasteiger partial charge in [0.2, 0.25) is 5.82 Å². The lowest BCUT2D eigenvalue weighted by atomic mass is 9.87. The summed E-state index contributed by atoms with van der Waals surface area (Å²) < 4.78 is 1.77. The zero-order valence-corrected chi connectivity index (χ0v) is 17.8. The van der Waals surface area contributed by atoms with Crippen LogP contribution < -0.4 is 15.5 Å². The fourth-order valence-electron chi connectivity index (χ4n) is 3.68. The summed E-state index contributed by atoms with van der Waals surface area (Å²) in [6.07, 6.45) is 5.51. The molecule has 30 heavy (non-hydrogen) atoms. The average Bonchev–Trinajstić information content (AvgIpc) is 3.12. The topological polar surface area (TPSA) is 131 Å². The molecule has 2 aromatic rings. The molecule has 1 amide bonds. The Morgan fingerprint density at radius 3 is 2.63 bits per heavy atom. The molecule has 3 rings (SSSR count).